The molecular formula is C22H28BrN3O. The molecule has 1 saturated carbocycles. The molecule has 0 radical (unpaired) electrons. The molecule has 3 N–H and O–H groups in total. The van der Waals surface area contributed by atoms with Gasteiger partial charge >= 0.3 is 0 Å². The number of likely N-dealkylation sites (tertiary alicyclic amines) is 1. The van der Waals surface area contributed by atoms with E-state index in [-0.39, 0.29) is 0 Å². The summed E-state index contributed by atoms with van der Waals surface area (Å²) >= 11 is 3.46. The zero-order valence-electron chi connectivity index (χ0n) is 15.6. The van der Waals surface area contributed by atoms with Crippen LogP contribution >= 0.6 is 15.9 Å². The predicted molar refractivity (Wildman–Crippen MR) is 113 cm³/mol. The Morgan fingerprint density at radius 3 is 2.59 bits per heavy atom. The lowest BCUT2D eigenvalue weighted by molar-refractivity contribution is 0.306. The van der Waals surface area contributed by atoms with E-state index in [1.54, 1.807) is 0 Å². The molecule has 2 aromatic rings. The Morgan fingerprint density at radius 2 is 1.89 bits per heavy atom. The fraction of sp³-hybridized carbons (Fsp3) is 0.455. The molecule has 4 rings (SSSR count). The molecule has 1 saturated heterocycles. The van der Waals surface area contributed by atoms with Gasteiger partial charge in [0.25, 0.3) is 0 Å². The van der Waals surface area contributed by atoms with Crippen LogP contribution in [0.1, 0.15) is 29.9 Å². The van der Waals surface area contributed by atoms with E-state index < -0.39 is 0 Å². The first-order valence-corrected chi connectivity index (χ1v) is 10.7. The number of rotatable bonds is 8. The summed E-state index contributed by atoms with van der Waals surface area (Å²) in [5.41, 5.74) is 8.55. The normalized spacial score (nSPS) is 24.9. The molecule has 1 heterocycles. The Hall–Kier alpha value is -1.40. The number of hydrogen-bond donors (Lipinski definition) is 2. The second-order valence-corrected chi connectivity index (χ2v) is 8.65. The van der Waals surface area contributed by atoms with Crippen LogP contribution in [0.3, 0.4) is 0 Å². The summed E-state index contributed by atoms with van der Waals surface area (Å²) < 4.78 is 6.99. The molecular weight excluding hydrogens is 402 g/mol. The molecule has 0 spiro atoms. The van der Waals surface area contributed by atoms with Crippen molar-refractivity contribution in [1.82, 2.24) is 10.2 Å². The summed E-state index contributed by atoms with van der Waals surface area (Å²) in [4.78, 5) is 2.46. The van der Waals surface area contributed by atoms with Crippen molar-refractivity contribution in [3.8, 4) is 5.75 Å². The summed E-state index contributed by atoms with van der Waals surface area (Å²) in [6, 6.07) is 17.8. The van der Waals surface area contributed by atoms with Gasteiger partial charge in [-0.25, -0.2) is 0 Å². The van der Waals surface area contributed by atoms with Gasteiger partial charge in [-0.2, -0.15) is 0 Å². The second kappa shape index (κ2) is 8.74. The first kappa shape index (κ1) is 18.9. The van der Waals surface area contributed by atoms with Gasteiger partial charge in [0.15, 0.2) is 0 Å². The first-order chi connectivity index (χ1) is 13.2. The van der Waals surface area contributed by atoms with Crippen LogP contribution in [0.2, 0.25) is 0 Å². The van der Waals surface area contributed by atoms with Crippen molar-refractivity contribution in [3.05, 3.63) is 64.1 Å². The molecule has 5 heteroatoms. The highest BCUT2D eigenvalue weighted by Crippen LogP contribution is 2.41. The molecule has 1 aliphatic carbocycles. The van der Waals surface area contributed by atoms with Gasteiger partial charge in [0.1, 0.15) is 12.4 Å². The van der Waals surface area contributed by atoms with Gasteiger partial charge in [0.2, 0.25) is 0 Å². The van der Waals surface area contributed by atoms with Gasteiger partial charge < -0.3 is 20.7 Å². The third-order valence-electron chi connectivity index (χ3n) is 5.56. The minimum Gasteiger partial charge on any atom is -0.489 e. The van der Waals surface area contributed by atoms with Crippen molar-refractivity contribution >= 4 is 15.9 Å². The lowest BCUT2D eigenvalue weighted by atomic mass is 10.1. The van der Waals surface area contributed by atoms with E-state index in [1.165, 1.54) is 17.5 Å². The van der Waals surface area contributed by atoms with Crippen LogP contribution in [0.5, 0.6) is 5.75 Å². The molecule has 2 aromatic carbocycles. The maximum atomic E-state index is 5.97. The Kier molecular flexibility index (Phi) is 6.13. The molecule has 2 fully saturated rings. The smallest absolute Gasteiger partial charge is 0.119 e. The van der Waals surface area contributed by atoms with E-state index in [1.807, 2.05) is 12.1 Å². The summed E-state index contributed by atoms with van der Waals surface area (Å²) in [5, 5.41) is 3.70. The summed E-state index contributed by atoms with van der Waals surface area (Å²) in [6.45, 7) is 4.97. The van der Waals surface area contributed by atoms with Gasteiger partial charge in [-0.3, -0.25) is 0 Å². The van der Waals surface area contributed by atoms with Crippen LogP contribution in [0.15, 0.2) is 53.0 Å². The largest absolute Gasteiger partial charge is 0.489 e. The van der Waals surface area contributed by atoms with Crippen LogP contribution in [-0.4, -0.2) is 43.2 Å². The van der Waals surface area contributed by atoms with Crippen molar-refractivity contribution in [2.75, 3.05) is 26.2 Å². The molecule has 2 unspecified atom stereocenters. The zero-order chi connectivity index (χ0) is 18.6. The Morgan fingerprint density at radius 1 is 1.11 bits per heavy atom. The van der Waals surface area contributed by atoms with Crippen molar-refractivity contribution in [2.24, 2.45) is 5.73 Å². The van der Waals surface area contributed by atoms with Crippen LogP contribution in [-0.2, 0) is 6.61 Å². The number of benzene rings is 2. The molecule has 0 aromatic heterocycles. The maximum absolute atomic E-state index is 5.97. The van der Waals surface area contributed by atoms with Crippen LogP contribution in [0, 0.1) is 0 Å². The Balaban J connectivity index is 1.19. The van der Waals surface area contributed by atoms with Crippen molar-refractivity contribution in [3.63, 3.8) is 0 Å². The molecule has 27 heavy (non-hydrogen) atoms. The average molecular weight is 430 g/mol. The second-order valence-electron chi connectivity index (χ2n) is 7.74. The van der Waals surface area contributed by atoms with Gasteiger partial charge in [-0.05, 0) is 54.8 Å². The van der Waals surface area contributed by atoms with E-state index in [0.29, 0.717) is 24.6 Å². The van der Waals surface area contributed by atoms with Crippen LogP contribution < -0.4 is 15.8 Å². The van der Waals surface area contributed by atoms with Crippen molar-refractivity contribution in [2.45, 2.75) is 37.5 Å². The summed E-state index contributed by atoms with van der Waals surface area (Å²) in [6.07, 6.45) is 2.38. The topological polar surface area (TPSA) is 50.5 Å². The Labute approximate surface area is 170 Å². The maximum Gasteiger partial charge on any atom is 0.119 e. The first-order valence-electron chi connectivity index (χ1n) is 9.86. The fourth-order valence-electron chi connectivity index (χ4n) is 3.82. The summed E-state index contributed by atoms with van der Waals surface area (Å²) in [5.74, 6) is 1.57. The van der Waals surface area contributed by atoms with Crippen molar-refractivity contribution < 1.29 is 4.74 Å². The van der Waals surface area contributed by atoms with Crippen molar-refractivity contribution in [1.29, 1.82) is 0 Å². The van der Waals surface area contributed by atoms with E-state index in [9.17, 15) is 0 Å². The summed E-state index contributed by atoms with van der Waals surface area (Å²) in [7, 11) is 0. The molecule has 1 aliphatic heterocycles. The quantitative estimate of drug-likeness (QED) is 0.673. The average Bonchev–Trinajstić information content (AvgIpc) is 3.34. The monoisotopic (exact) mass is 429 g/mol. The molecule has 0 bridgehead atoms. The zero-order valence-corrected chi connectivity index (χ0v) is 17.2. The minimum absolute atomic E-state index is 0.378. The van der Waals surface area contributed by atoms with Gasteiger partial charge in [0, 0.05) is 42.1 Å². The van der Waals surface area contributed by atoms with Gasteiger partial charge in [-0.1, -0.05) is 40.2 Å². The van der Waals surface area contributed by atoms with Crippen LogP contribution in [0.25, 0.3) is 0 Å². The third kappa shape index (κ3) is 5.32. The molecule has 2 aliphatic rings. The number of hydrogen-bond acceptors (Lipinski definition) is 4. The number of nitrogens with zero attached hydrogens (tertiary/aromatic N) is 1. The number of nitrogens with one attached hydrogen (secondary N) is 1. The van der Waals surface area contributed by atoms with E-state index >= 15 is 0 Å². The number of nitrogens with two attached hydrogens (primary N) is 1. The predicted octanol–water partition coefficient (Wildman–Crippen LogP) is 3.51. The van der Waals surface area contributed by atoms with Gasteiger partial charge in [0.05, 0.1) is 0 Å². The van der Waals surface area contributed by atoms with E-state index in [2.05, 4.69) is 62.5 Å². The van der Waals surface area contributed by atoms with Gasteiger partial charge in [-0.15, -0.1) is 0 Å². The third-order valence-corrected chi connectivity index (χ3v) is 6.09. The molecule has 3 atom stereocenters. The standard InChI is InChI=1S/C22H28BrN3O/c23-18-5-1-16(2-6-18)15-27-20-7-3-17(4-8-20)21-13-22(21)25-10-12-26-11-9-19(24)14-26/h1-8,19,21-22,25H,9-15,24H2/t19-,21?,22?/m1/s1. The SMILES string of the molecule is N[C@@H]1CCN(CCNC2CC2c2ccc(OCc3ccc(Br)cc3)cc2)C1. The fourth-order valence-corrected chi connectivity index (χ4v) is 4.09. The highest BCUT2D eigenvalue weighted by Gasteiger charge is 2.37. The lowest BCUT2D eigenvalue weighted by Crippen LogP contribution is -2.33. The molecule has 4 nitrogen and oxygen atoms in total. The number of halogens is 1. The minimum atomic E-state index is 0.378. The molecule has 0 amide bonds. The number of ether oxygens (including phenoxy) is 1. The van der Waals surface area contributed by atoms with E-state index in [4.69, 9.17) is 10.5 Å². The Bertz CT molecular complexity index is 734. The highest BCUT2D eigenvalue weighted by atomic mass is 79.9. The van der Waals surface area contributed by atoms with E-state index in [0.717, 1.165) is 42.8 Å². The molecule has 144 valence electrons. The lowest BCUT2D eigenvalue weighted by Gasteiger charge is -2.15. The highest BCUT2D eigenvalue weighted by molar-refractivity contribution is 9.10. The van der Waals surface area contributed by atoms with Crippen LogP contribution in [0.4, 0.5) is 0 Å².